The average molecular weight is 392 g/mol. The first kappa shape index (κ1) is 15.7. The minimum absolute atomic E-state index is 0.0139. The Bertz CT molecular complexity index is 882. The molecule has 1 aromatic heterocycles. The molecule has 3 aromatic rings. The molecular formula is C15H10BrN3O3S. The molecule has 0 unspecified atom stereocenters. The van der Waals surface area contributed by atoms with Crippen LogP contribution in [0.15, 0.2) is 61.5 Å². The fraction of sp³-hybridized carbons (Fsp3) is 0.0667. The van der Waals surface area contributed by atoms with Gasteiger partial charge in [0.25, 0.3) is 10.9 Å². The van der Waals surface area contributed by atoms with Gasteiger partial charge in [0.1, 0.15) is 0 Å². The molecule has 0 aliphatic heterocycles. The maximum Gasteiger partial charge on any atom is 0.284 e. The quantitative estimate of drug-likeness (QED) is 0.466. The second-order valence-corrected chi connectivity index (χ2v) is 6.57. The largest absolute Gasteiger partial charge is 0.411 e. The van der Waals surface area contributed by atoms with Crippen LogP contribution in [-0.2, 0) is 0 Å². The molecule has 23 heavy (non-hydrogen) atoms. The van der Waals surface area contributed by atoms with Crippen LogP contribution in [0.3, 0.4) is 0 Å². The SMILES string of the molecule is Cc1ccccc1-c1nnc(Sc2ccc(Br)cc2[N+](=O)[O-])o1. The molecule has 0 spiro atoms. The molecule has 0 N–H and O–H groups in total. The zero-order valence-electron chi connectivity index (χ0n) is 11.9. The van der Waals surface area contributed by atoms with Crippen LogP contribution in [0.5, 0.6) is 0 Å². The van der Waals surface area contributed by atoms with E-state index in [4.69, 9.17) is 4.42 Å². The van der Waals surface area contributed by atoms with Crippen LogP contribution in [0.4, 0.5) is 5.69 Å². The molecular weight excluding hydrogens is 382 g/mol. The van der Waals surface area contributed by atoms with Crippen molar-refractivity contribution < 1.29 is 9.34 Å². The molecule has 116 valence electrons. The molecule has 0 amide bonds. The van der Waals surface area contributed by atoms with E-state index in [1.54, 1.807) is 12.1 Å². The van der Waals surface area contributed by atoms with E-state index in [0.29, 0.717) is 15.3 Å². The van der Waals surface area contributed by atoms with Crippen LogP contribution in [0.1, 0.15) is 5.56 Å². The predicted molar refractivity (Wildman–Crippen MR) is 89.4 cm³/mol. The van der Waals surface area contributed by atoms with Gasteiger partial charge in [-0.15, -0.1) is 10.2 Å². The summed E-state index contributed by atoms with van der Waals surface area (Å²) in [7, 11) is 0. The maximum absolute atomic E-state index is 11.1. The summed E-state index contributed by atoms with van der Waals surface area (Å²) >= 11 is 4.30. The summed E-state index contributed by atoms with van der Waals surface area (Å²) in [6.45, 7) is 1.95. The minimum atomic E-state index is -0.439. The summed E-state index contributed by atoms with van der Waals surface area (Å²) in [5.41, 5.74) is 1.85. The smallest absolute Gasteiger partial charge is 0.284 e. The second kappa shape index (κ2) is 6.51. The van der Waals surface area contributed by atoms with Gasteiger partial charge in [-0.05, 0) is 42.4 Å². The monoisotopic (exact) mass is 391 g/mol. The average Bonchev–Trinajstić information content (AvgIpc) is 2.97. The Morgan fingerprint density at radius 2 is 2.00 bits per heavy atom. The van der Waals surface area contributed by atoms with Crippen molar-refractivity contribution in [2.24, 2.45) is 0 Å². The molecule has 0 aliphatic carbocycles. The number of nitro benzene ring substituents is 1. The van der Waals surface area contributed by atoms with Crippen molar-refractivity contribution in [2.75, 3.05) is 0 Å². The molecule has 0 saturated carbocycles. The van der Waals surface area contributed by atoms with Crippen LogP contribution in [0.2, 0.25) is 0 Å². The highest BCUT2D eigenvalue weighted by Crippen LogP contribution is 2.36. The summed E-state index contributed by atoms with van der Waals surface area (Å²) in [5, 5.41) is 19.4. The van der Waals surface area contributed by atoms with Crippen LogP contribution in [-0.4, -0.2) is 15.1 Å². The van der Waals surface area contributed by atoms with E-state index in [1.165, 1.54) is 6.07 Å². The Balaban J connectivity index is 1.91. The number of nitro groups is 1. The molecule has 0 aliphatic rings. The molecule has 0 bridgehead atoms. The first-order valence-electron chi connectivity index (χ1n) is 6.56. The lowest BCUT2D eigenvalue weighted by Crippen LogP contribution is -1.90. The number of aryl methyl sites for hydroxylation is 1. The molecule has 0 fully saturated rings. The summed E-state index contributed by atoms with van der Waals surface area (Å²) in [6, 6.07) is 12.5. The van der Waals surface area contributed by atoms with E-state index in [9.17, 15) is 10.1 Å². The van der Waals surface area contributed by atoms with Crippen molar-refractivity contribution in [3.63, 3.8) is 0 Å². The number of rotatable bonds is 4. The minimum Gasteiger partial charge on any atom is -0.411 e. The molecule has 3 rings (SSSR count). The Hall–Kier alpha value is -2.19. The van der Waals surface area contributed by atoms with Gasteiger partial charge in [0.05, 0.1) is 9.82 Å². The fourth-order valence-corrected chi connectivity index (χ4v) is 3.10. The second-order valence-electron chi connectivity index (χ2n) is 4.66. The van der Waals surface area contributed by atoms with Crippen molar-refractivity contribution in [3.8, 4) is 11.5 Å². The summed E-state index contributed by atoms with van der Waals surface area (Å²) in [4.78, 5) is 11.1. The van der Waals surface area contributed by atoms with E-state index >= 15 is 0 Å². The molecule has 0 saturated heterocycles. The highest BCUT2D eigenvalue weighted by atomic mass is 79.9. The van der Waals surface area contributed by atoms with Gasteiger partial charge < -0.3 is 4.42 Å². The first-order valence-corrected chi connectivity index (χ1v) is 8.17. The van der Waals surface area contributed by atoms with Gasteiger partial charge in [0, 0.05) is 16.1 Å². The summed E-state index contributed by atoms with van der Waals surface area (Å²) < 4.78 is 6.26. The van der Waals surface area contributed by atoms with E-state index in [-0.39, 0.29) is 10.9 Å². The molecule has 1 heterocycles. The lowest BCUT2D eigenvalue weighted by Gasteiger charge is -2.00. The summed E-state index contributed by atoms with van der Waals surface area (Å²) in [6.07, 6.45) is 0. The van der Waals surface area contributed by atoms with E-state index in [0.717, 1.165) is 22.9 Å². The zero-order chi connectivity index (χ0) is 16.4. The van der Waals surface area contributed by atoms with Gasteiger partial charge >= 0.3 is 0 Å². The van der Waals surface area contributed by atoms with Crippen molar-refractivity contribution in [3.05, 3.63) is 62.6 Å². The Morgan fingerprint density at radius 3 is 2.74 bits per heavy atom. The van der Waals surface area contributed by atoms with Gasteiger partial charge in [0.15, 0.2) is 0 Å². The lowest BCUT2D eigenvalue weighted by molar-refractivity contribution is -0.387. The Labute approximate surface area is 144 Å². The van der Waals surface area contributed by atoms with Crippen LogP contribution in [0.25, 0.3) is 11.5 Å². The highest BCUT2D eigenvalue weighted by Gasteiger charge is 2.19. The summed E-state index contributed by atoms with van der Waals surface area (Å²) in [5.74, 6) is 0.394. The Morgan fingerprint density at radius 1 is 1.22 bits per heavy atom. The standard InChI is InChI=1S/C15H10BrN3O3S/c1-9-4-2-3-5-11(9)14-17-18-15(22-14)23-13-7-6-10(16)8-12(13)19(20)21/h2-8H,1H3. The number of benzene rings is 2. The topological polar surface area (TPSA) is 82.1 Å². The fourth-order valence-electron chi connectivity index (χ4n) is 1.99. The number of nitrogens with zero attached hydrogens (tertiary/aromatic N) is 3. The van der Waals surface area contributed by atoms with Gasteiger partial charge in [-0.1, -0.05) is 34.1 Å². The van der Waals surface area contributed by atoms with Gasteiger partial charge in [0.2, 0.25) is 5.89 Å². The molecule has 0 radical (unpaired) electrons. The molecule has 0 atom stereocenters. The normalized spacial score (nSPS) is 10.7. The van der Waals surface area contributed by atoms with Crippen molar-refractivity contribution in [2.45, 2.75) is 17.0 Å². The predicted octanol–water partition coefficient (Wildman–Crippen LogP) is 4.87. The van der Waals surface area contributed by atoms with Crippen molar-refractivity contribution in [1.82, 2.24) is 10.2 Å². The van der Waals surface area contributed by atoms with Gasteiger partial charge in [-0.2, -0.15) is 0 Å². The number of halogens is 1. The Kier molecular flexibility index (Phi) is 4.44. The third-order valence-electron chi connectivity index (χ3n) is 3.10. The first-order chi connectivity index (χ1) is 11.0. The molecule has 8 heteroatoms. The van der Waals surface area contributed by atoms with Crippen molar-refractivity contribution >= 4 is 33.4 Å². The third-order valence-corrected chi connectivity index (χ3v) is 4.49. The van der Waals surface area contributed by atoms with Crippen LogP contribution < -0.4 is 0 Å². The van der Waals surface area contributed by atoms with E-state index < -0.39 is 4.92 Å². The van der Waals surface area contributed by atoms with Crippen molar-refractivity contribution in [1.29, 1.82) is 0 Å². The number of hydrogen-bond acceptors (Lipinski definition) is 6. The van der Waals surface area contributed by atoms with Crippen LogP contribution >= 0.6 is 27.7 Å². The molecule has 6 nitrogen and oxygen atoms in total. The molecule has 2 aromatic carbocycles. The lowest BCUT2D eigenvalue weighted by atomic mass is 10.1. The van der Waals surface area contributed by atoms with Crippen LogP contribution in [0, 0.1) is 17.0 Å². The van der Waals surface area contributed by atoms with Gasteiger partial charge in [-0.25, -0.2) is 0 Å². The number of aromatic nitrogens is 2. The maximum atomic E-state index is 11.1. The highest BCUT2D eigenvalue weighted by molar-refractivity contribution is 9.10. The third kappa shape index (κ3) is 3.43. The van der Waals surface area contributed by atoms with E-state index in [1.807, 2.05) is 31.2 Å². The van der Waals surface area contributed by atoms with E-state index in [2.05, 4.69) is 26.1 Å². The zero-order valence-corrected chi connectivity index (χ0v) is 14.3. The number of hydrogen-bond donors (Lipinski definition) is 0. The van der Waals surface area contributed by atoms with Gasteiger partial charge in [-0.3, -0.25) is 10.1 Å².